The fourth-order valence-electron chi connectivity index (χ4n) is 3.75. The zero-order valence-corrected chi connectivity index (χ0v) is 16.0. The standard InChI is InChI=1S/C20H18ClN3O4/c1-28-18-12(9-21)6-7-22-17(18)11-2-3-14-13(8-11)10-24(20(14)27)15-4-5-16(25)23-19(15)26/h2-3,6-8,15H,4-5,9-10H2,1H3,(H,23,25,26). The summed E-state index contributed by atoms with van der Waals surface area (Å²) in [6.45, 7) is 0.311. The highest BCUT2D eigenvalue weighted by molar-refractivity contribution is 6.17. The zero-order valence-electron chi connectivity index (χ0n) is 15.2. The third-order valence-electron chi connectivity index (χ3n) is 5.13. The van der Waals surface area contributed by atoms with E-state index in [1.165, 1.54) is 4.90 Å². The van der Waals surface area contributed by atoms with Crippen LogP contribution in [0.5, 0.6) is 5.75 Å². The maximum Gasteiger partial charge on any atom is 0.255 e. The van der Waals surface area contributed by atoms with E-state index in [9.17, 15) is 14.4 Å². The van der Waals surface area contributed by atoms with Crippen molar-refractivity contribution in [2.45, 2.75) is 31.3 Å². The number of benzene rings is 1. The summed E-state index contributed by atoms with van der Waals surface area (Å²) >= 11 is 5.99. The number of fused-ring (bicyclic) bond motifs is 1. The second-order valence-corrected chi connectivity index (χ2v) is 7.02. The van der Waals surface area contributed by atoms with Gasteiger partial charge in [0, 0.05) is 35.9 Å². The van der Waals surface area contributed by atoms with E-state index >= 15 is 0 Å². The number of hydrogen-bond acceptors (Lipinski definition) is 5. The summed E-state index contributed by atoms with van der Waals surface area (Å²) in [5.41, 5.74) is 3.65. The summed E-state index contributed by atoms with van der Waals surface area (Å²) in [4.78, 5) is 42.3. The van der Waals surface area contributed by atoms with Gasteiger partial charge in [-0.3, -0.25) is 24.7 Å². The summed E-state index contributed by atoms with van der Waals surface area (Å²) in [7, 11) is 1.57. The van der Waals surface area contributed by atoms with Crippen LogP contribution in [0, 0.1) is 0 Å². The van der Waals surface area contributed by atoms with Crippen LogP contribution in [0.15, 0.2) is 30.5 Å². The smallest absolute Gasteiger partial charge is 0.255 e. The Balaban J connectivity index is 1.67. The molecule has 0 spiro atoms. The number of nitrogens with one attached hydrogen (secondary N) is 1. The summed E-state index contributed by atoms with van der Waals surface area (Å²) in [6.07, 6.45) is 2.24. The molecule has 1 N–H and O–H groups in total. The fourth-order valence-corrected chi connectivity index (χ4v) is 3.96. The Morgan fingerprint density at radius 1 is 1.29 bits per heavy atom. The number of carbonyl (C=O) groups excluding carboxylic acids is 3. The first kappa shape index (κ1) is 18.4. The van der Waals surface area contributed by atoms with E-state index < -0.39 is 11.9 Å². The van der Waals surface area contributed by atoms with E-state index in [2.05, 4.69) is 10.3 Å². The lowest BCUT2D eigenvalue weighted by Crippen LogP contribution is -2.52. The van der Waals surface area contributed by atoms with Gasteiger partial charge < -0.3 is 9.64 Å². The number of nitrogens with zero attached hydrogens (tertiary/aromatic N) is 2. The van der Waals surface area contributed by atoms with Crippen molar-refractivity contribution in [1.82, 2.24) is 15.2 Å². The maximum absolute atomic E-state index is 12.8. The molecule has 1 atom stereocenters. The lowest BCUT2D eigenvalue weighted by Gasteiger charge is -2.29. The van der Waals surface area contributed by atoms with Crippen molar-refractivity contribution in [3.05, 3.63) is 47.2 Å². The monoisotopic (exact) mass is 399 g/mol. The van der Waals surface area contributed by atoms with Crippen molar-refractivity contribution in [3.63, 3.8) is 0 Å². The molecule has 0 radical (unpaired) electrons. The number of imide groups is 1. The highest BCUT2D eigenvalue weighted by Crippen LogP contribution is 2.35. The molecule has 2 aliphatic heterocycles. The van der Waals surface area contributed by atoms with Gasteiger partial charge in [0.15, 0.2) is 0 Å². The van der Waals surface area contributed by atoms with Crippen LogP contribution in [0.3, 0.4) is 0 Å². The number of amides is 3. The van der Waals surface area contributed by atoms with Crippen LogP contribution in [-0.2, 0) is 22.0 Å². The first-order chi connectivity index (χ1) is 13.5. The Hall–Kier alpha value is -2.93. The van der Waals surface area contributed by atoms with Gasteiger partial charge in [0.25, 0.3) is 5.91 Å². The molecule has 7 nitrogen and oxygen atoms in total. The van der Waals surface area contributed by atoms with Gasteiger partial charge in [-0.25, -0.2) is 0 Å². The highest BCUT2D eigenvalue weighted by Gasteiger charge is 2.39. The summed E-state index contributed by atoms with van der Waals surface area (Å²) in [5, 5.41) is 2.31. The molecule has 2 aromatic rings. The lowest BCUT2D eigenvalue weighted by atomic mass is 10.0. The number of hydrogen-bond donors (Lipinski definition) is 1. The van der Waals surface area contributed by atoms with Crippen LogP contribution in [0.2, 0.25) is 0 Å². The SMILES string of the molecule is COc1c(CCl)ccnc1-c1ccc2c(c1)CN(C1CCC(=O)NC1=O)C2=O. The summed E-state index contributed by atoms with van der Waals surface area (Å²) < 4.78 is 5.49. The predicted molar refractivity (Wildman–Crippen MR) is 102 cm³/mol. The second-order valence-electron chi connectivity index (χ2n) is 6.76. The van der Waals surface area contributed by atoms with E-state index in [1.54, 1.807) is 25.4 Å². The number of halogens is 1. The number of pyridine rings is 1. The van der Waals surface area contributed by atoms with Crippen molar-refractivity contribution in [1.29, 1.82) is 0 Å². The number of alkyl halides is 1. The third-order valence-corrected chi connectivity index (χ3v) is 5.42. The van der Waals surface area contributed by atoms with E-state index in [0.717, 1.165) is 16.7 Å². The number of carbonyl (C=O) groups is 3. The van der Waals surface area contributed by atoms with Gasteiger partial charge in [-0.05, 0) is 30.2 Å². The van der Waals surface area contributed by atoms with E-state index in [4.69, 9.17) is 16.3 Å². The molecule has 1 aromatic heterocycles. The molecule has 1 fully saturated rings. The van der Waals surface area contributed by atoms with Crippen molar-refractivity contribution >= 4 is 29.3 Å². The van der Waals surface area contributed by atoms with Gasteiger partial charge in [0.05, 0.1) is 13.0 Å². The fraction of sp³-hybridized carbons (Fsp3) is 0.300. The van der Waals surface area contributed by atoms with E-state index in [-0.39, 0.29) is 18.2 Å². The number of piperidine rings is 1. The Morgan fingerprint density at radius 3 is 2.82 bits per heavy atom. The molecular weight excluding hydrogens is 382 g/mol. The molecule has 144 valence electrons. The number of methoxy groups -OCH3 is 1. The molecule has 8 heteroatoms. The van der Waals surface area contributed by atoms with Crippen molar-refractivity contribution in [2.24, 2.45) is 0 Å². The zero-order chi connectivity index (χ0) is 19.8. The first-order valence-corrected chi connectivity index (χ1v) is 9.42. The van der Waals surface area contributed by atoms with Crippen LogP contribution in [0.1, 0.15) is 34.3 Å². The van der Waals surface area contributed by atoms with Crippen molar-refractivity contribution in [3.8, 4) is 17.0 Å². The molecule has 0 saturated carbocycles. The van der Waals surface area contributed by atoms with Crippen LogP contribution in [0.25, 0.3) is 11.3 Å². The molecule has 0 aliphatic carbocycles. The van der Waals surface area contributed by atoms with Crippen molar-refractivity contribution < 1.29 is 19.1 Å². The molecule has 4 rings (SSSR count). The van der Waals surface area contributed by atoms with Crippen LogP contribution < -0.4 is 10.1 Å². The minimum Gasteiger partial charge on any atom is -0.494 e. The Bertz CT molecular complexity index is 991. The lowest BCUT2D eigenvalue weighted by molar-refractivity contribution is -0.136. The average molecular weight is 400 g/mol. The number of aromatic nitrogens is 1. The molecule has 0 bridgehead atoms. The van der Waals surface area contributed by atoms with Gasteiger partial charge in [0.1, 0.15) is 17.5 Å². The topological polar surface area (TPSA) is 88.6 Å². The van der Waals surface area contributed by atoms with E-state index in [0.29, 0.717) is 35.9 Å². The molecule has 28 heavy (non-hydrogen) atoms. The molecule has 3 amide bonds. The Morgan fingerprint density at radius 2 is 2.11 bits per heavy atom. The van der Waals surface area contributed by atoms with Crippen LogP contribution >= 0.6 is 11.6 Å². The third kappa shape index (κ3) is 3.01. The van der Waals surface area contributed by atoms with Crippen LogP contribution in [-0.4, -0.2) is 40.8 Å². The predicted octanol–water partition coefficient (Wildman–Crippen LogP) is 2.26. The van der Waals surface area contributed by atoms with Gasteiger partial charge in [-0.15, -0.1) is 11.6 Å². The molecule has 1 saturated heterocycles. The van der Waals surface area contributed by atoms with E-state index in [1.807, 2.05) is 12.1 Å². The Kier molecular flexibility index (Phi) is 4.77. The van der Waals surface area contributed by atoms with Gasteiger partial charge in [-0.2, -0.15) is 0 Å². The Labute approximate surface area is 166 Å². The van der Waals surface area contributed by atoms with Crippen LogP contribution in [0.4, 0.5) is 0 Å². The first-order valence-electron chi connectivity index (χ1n) is 8.89. The van der Waals surface area contributed by atoms with Gasteiger partial charge in [0.2, 0.25) is 11.8 Å². The minimum absolute atomic E-state index is 0.203. The average Bonchev–Trinajstić information content (AvgIpc) is 3.03. The molecule has 1 aromatic carbocycles. The quantitative estimate of drug-likeness (QED) is 0.629. The minimum atomic E-state index is -0.631. The van der Waals surface area contributed by atoms with Crippen molar-refractivity contribution in [2.75, 3.05) is 7.11 Å². The normalized spacial score (nSPS) is 18.9. The summed E-state index contributed by atoms with van der Waals surface area (Å²) in [6, 6.07) is 6.62. The van der Waals surface area contributed by atoms with Gasteiger partial charge in [-0.1, -0.05) is 6.07 Å². The largest absolute Gasteiger partial charge is 0.494 e. The second kappa shape index (κ2) is 7.24. The molecule has 2 aliphatic rings. The molecular formula is C20H18ClN3O4. The number of rotatable bonds is 4. The summed E-state index contributed by atoms with van der Waals surface area (Å²) in [5.74, 6) is -0.0269. The highest BCUT2D eigenvalue weighted by atomic mass is 35.5. The number of ether oxygens (including phenoxy) is 1. The van der Waals surface area contributed by atoms with Gasteiger partial charge >= 0.3 is 0 Å². The maximum atomic E-state index is 12.8. The molecule has 3 heterocycles. The molecule has 1 unspecified atom stereocenters.